The lowest BCUT2D eigenvalue weighted by atomic mass is 9.79. The molecule has 3 fully saturated rings. The lowest BCUT2D eigenvalue weighted by molar-refractivity contribution is -0.135. The highest BCUT2D eigenvalue weighted by molar-refractivity contribution is 5.83. The van der Waals surface area contributed by atoms with Gasteiger partial charge in [-0.1, -0.05) is 36.2 Å². The zero-order valence-electron chi connectivity index (χ0n) is 17.8. The van der Waals surface area contributed by atoms with Gasteiger partial charge in [0.25, 0.3) is 0 Å². The predicted molar refractivity (Wildman–Crippen MR) is 116 cm³/mol. The lowest BCUT2D eigenvalue weighted by Gasteiger charge is -2.34. The minimum atomic E-state index is 0.353. The average Bonchev–Trinajstić information content (AvgIpc) is 3.46. The number of carbonyl (C=O) groups is 1. The van der Waals surface area contributed by atoms with Crippen LogP contribution >= 0.6 is 0 Å². The van der Waals surface area contributed by atoms with Crippen molar-refractivity contribution in [3.63, 3.8) is 0 Å². The molecule has 2 aliphatic carbocycles. The maximum atomic E-state index is 12.9. The molecule has 0 N–H and O–H groups in total. The summed E-state index contributed by atoms with van der Waals surface area (Å²) in [6.07, 6.45) is 8.12. The van der Waals surface area contributed by atoms with E-state index in [-0.39, 0.29) is 0 Å². The summed E-state index contributed by atoms with van der Waals surface area (Å²) in [4.78, 5) is 19.9. The Hall–Kier alpha value is -2.16. The number of rotatable bonds is 4. The van der Waals surface area contributed by atoms with Crippen molar-refractivity contribution in [3.05, 3.63) is 64.5 Å². The van der Waals surface area contributed by atoms with E-state index in [9.17, 15) is 4.79 Å². The molecule has 2 saturated carbocycles. The minimum absolute atomic E-state index is 0.353. The van der Waals surface area contributed by atoms with Crippen LogP contribution in [-0.2, 0) is 11.2 Å². The fourth-order valence-electron chi connectivity index (χ4n) is 5.52. The molecule has 1 spiro atoms. The zero-order valence-corrected chi connectivity index (χ0v) is 17.8. The monoisotopic (exact) mass is 388 g/mol. The number of aromatic nitrogens is 1. The van der Waals surface area contributed by atoms with Crippen LogP contribution in [0.15, 0.2) is 36.4 Å². The number of nitrogens with zero attached hydrogens (tertiary/aromatic N) is 2. The third-order valence-electron chi connectivity index (χ3n) is 7.62. The Morgan fingerprint density at radius 2 is 1.79 bits per heavy atom. The van der Waals surface area contributed by atoms with Crippen LogP contribution in [0.4, 0.5) is 0 Å². The largest absolute Gasteiger partial charge is 0.342 e. The number of amides is 1. The quantitative estimate of drug-likeness (QED) is 0.722. The van der Waals surface area contributed by atoms with Crippen molar-refractivity contribution < 1.29 is 4.79 Å². The summed E-state index contributed by atoms with van der Waals surface area (Å²) < 4.78 is 0. The SMILES string of the molecule is Cc1ccc(Cc2cc(C)nc(C3CCN(C(=O)[C@H]4CC45CCC5)CC3)c2)cc1. The molecule has 0 radical (unpaired) electrons. The highest BCUT2D eigenvalue weighted by Crippen LogP contribution is 2.66. The number of hydrogen-bond acceptors (Lipinski definition) is 2. The molecule has 152 valence electrons. The standard InChI is InChI=1S/C26H32N2O/c1-18-4-6-20(7-5-18)15-21-14-19(2)27-24(16-21)22-8-12-28(13-9-22)25(29)23-17-26(23)10-3-11-26/h4-7,14,16,22-23H,3,8-13,15,17H2,1-2H3/t23-/m1/s1. The molecular formula is C26H32N2O. The van der Waals surface area contributed by atoms with Gasteiger partial charge >= 0.3 is 0 Å². The Balaban J connectivity index is 1.23. The summed E-state index contributed by atoms with van der Waals surface area (Å²) in [5.74, 6) is 1.28. The van der Waals surface area contributed by atoms with Crippen molar-refractivity contribution >= 4 is 5.91 Å². The van der Waals surface area contributed by atoms with Gasteiger partial charge in [-0.15, -0.1) is 0 Å². The number of likely N-dealkylation sites (tertiary alicyclic amines) is 1. The van der Waals surface area contributed by atoms with Crippen LogP contribution in [0, 0.1) is 25.2 Å². The van der Waals surface area contributed by atoms with E-state index in [1.54, 1.807) is 0 Å². The first-order valence-electron chi connectivity index (χ1n) is 11.3. The van der Waals surface area contributed by atoms with E-state index in [1.165, 1.54) is 41.6 Å². The van der Waals surface area contributed by atoms with Gasteiger partial charge in [0.2, 0.25) is 5.91 Å². The highest BCUT2D eigenvalue weighted by atomic mass is 16.2. The molecule has 3 aliphatic rings. The number of hydrogen-bond donors (Lipinski definition) is 0. The third-order valence-corrected chi connectivity index (χ3v) is 7.62. The molecule has 3 heteroatoms. The second-order valence-corrected chi connectivity index (χ2v) is 9.78. The third kappa shape index (κ3) is 3.72. The van der Waals surface area contributed by atoms with E-state index >= 15 is 0 Å². The van der Waals surface area contributed by atoms with Gasteiger partial charge < -0.3 is 4.90 Å². The van der Waals surface area contributed by atoms with Gasteiger partial charge in [0, 0.05) is 36.3 Å². The maximum absolute atomic E-state index is 12.9. The summed E-state index contributed by atoms with van der Waals surface area (Å²) in [5, 5.41) is 0. The molecule has 1 aliphatic heterocycles. The number of aryl methyl sites for hydroxylation is 2. The van der Waals surface area contributed by atoms with E-state index in [2.05, 4.69) is 55.1 Å². The molecule has 29 heavy (non-hydrogen) atoms. The first-order chi connectivity index (χ1) is 14.0. The zero-order chi connectivity index (χ0) is 20.0. The predicted octanol–water partition coefficient (Wildman–Crippen LogP) is 5.19. The van der Waals surface area contributed by atoms with Crippen LogP contribution in [0.1, 0.15) is 72.5 Å². The first kappa shape index (κ1) is 18.8. The molecule has 5 rings (SSSR count). The van der Waals surface area contributed by atoms with E-state index in [4.69, 9.17) is 4.98 Å². The van der Waals surface area contributed by atoms with Crippen LogP contribution in [0.2, 0.25) is 0 Å². The van der Waals surface area contributed by atoms with Gasteiger partial charge in [-0.2, -0.15) is 0 Å². The van der Waals surface area contributed by atoms with Crippen LogP contribution in [0.25, 0.3) is 0 Å². The second-order valence-electron chi connectivity index (χ2n) is 9.78. The van der Waals surface area contributed by atoms with Gasteiger partial charge in [0.1, 0.15) is 0 Å². The number of piperidine rings is 1. The summed E-state index contributed by atoms with van der Waals surface area (Å²) in [6, 6.07) is 13.3. The fourth-order valence-corrected chi connectivity index (χ4v) is 5.52. The smallest absolute Gasteiger partial charge is 0.226 e. The summed E-state index contributed by atoms with van der Waals surface area (Å²) in [5.41, 5.74) is 6.77. The molecule has 1 amide bonds. The van der Waals surface area contributed by atoms with Crippen LogP contribution in [-0.4, -0.2) is 28.9 Å². The Bertz CT molecular complexity index is 905. The van der Waals surface area contributed by atoms with Gasteiger partial charge in [-0.25, -0.2) is 0 Å². The molecule has 0 unspecified atom stereocenters. The molecule has 1 atom stereocenters. The van der Waals surface area contributed by atoms with E-state index in [0.717, 1.165) is 44.5 Å². The van der Waals surface area contributed by atoms with Gasteiger partial charge in [-0.3, -0.25) is 9.78 Å². The van der Waals surface area contributed by atoms with Crippen LogP contribution in [0.3, 0.4) is 0 Å². The number of benzene rings is 1. The Labute approximate surface area is 174 Å². The highest BCUT2D eigenvalue weighted by Gasteiger charge is 2.61. The van der Waals surface area contributed by atoms with Crippen molar-refractivity contribution in [3.8, 4) is 0 Å². The van der Waals surface area contributed by atoms with Gasteiger partial charge in [0.05, 0.1) is 0 Å². The molecule has 1 aromatic carbocycles. The molecular weight excluding hydrogens is 356 g/mol. The maximum Gasteiger partial charge on any atom is 0.226 e. The molecule has 2 heterocycles. The summed E-state index contributed by atoms with van der Waals surface area (Å²) in [6.45, 7) is 6.04. The molecule has 1 aromatic heterocycles. The number of carbonyl (C=O) groups excluding carboxylic acids is 1. The fraction of sp³-hybridized carbons (Fsp3) is 0.538. The van der Waals surface area contributed by atoms with Gasteiger partial charge in [0.15, 0.2) is 0 Å². The van der Waals surface area contributed by atoms with E-state index < -0.39 is 0 Å². The molecule has 1 saturated heterocycles. The van der Waals surface area contributed by atoms with Crippen LogP contribution in [0.5, 0.6) is 0 Å². The average molecular weight is 389 g/mol. The Morgan fingerprint density at radius 3 is 2.41 bits per heavy atom. The second kappa shape index (κ2) is 7.27. The van der Waals surface area contributed by atoms with Crippen molar-refractivity contribution in [2.75, 3.05) is 13.1 Å². The van der Waals surface area contributed by atoms with Crippen molar-refractivity contribution in [1.29, 1.82) is 0 Å². The molecule has 2 aromatic rings. The van der Waals surface area contributed by atoms with E-state index in [1.807, 2.05) is 0 Å². The normalized spacial score (nSPS) is 23.1. The number of pyridine rings is 1. The van der Waals surface area contributed by atoms with Gasteiger partial charge in [-0.05, 0) is 81.0 Å². The topological polar surface area (TPSA) is 33.2 Å². The Morgan fingerprint density at radius 1 is 1.07 bits per heavy atom. The lowest BCUT2D eigenvalue weighted by Crippen LogP contribution is -2.40. The van der Waals surface area contributed by atoms with Crippen LogP contribution < -0.4 is 0 Å². The summed E-state index contributed by atoms with van der Waals surface area (Å²) in [7, 11) is 0. The Kier molecular flexibility index (Phi) is 4.72. The van der Waals surface area contributed by atoms with Crippen molar-refractivity contribution in [1.82, 2.24) is 9.88 Å². The minimum Gasteiger partial charge on any atom is -0.342 e. The van der Waals surface area contributed by atoms with Crippen molar-refractivity contribution in [2.45, 2.75) is 64.7 Å². The first-order valence-corrected chi connectivity index (χ1v) is 11.3. The summed E-state index contributed by atoms with van der Waals surface area (Å²) >= 11 is 0. The van der Waals surface area contributed by atoms with Crippen molar-refractivity contribution in [2.24, 2.45) is 11.3 Å². The van der Waals surface area contributed by atoms with E-state index in [0.29, 0.717) is 23.2 Å². The molecule has 3 nitrogen and oxygen atoms in total. The molecule has 0 bridgehead atoms.